The molecule has 0 radical (unpaired) electrons. The van der Waals surface area contributed by atoms with Crippen LogP contribution in [0.2, 0.25) is 0 Å². The van der Waals surface area contributed by atoms with E-state index in [1.54, 1.807) is 0 Å². The van der Waals surface area contributed by atoms with Gasteiger partial charge in [-0.25, -0.2) is 0 Å². The summed E-state index contributed by atoms with van der Waals surface area (Å²) >= 11 is 0. The van der Waals surface area contributed by atoms with Crippen LogP contribution in [0.15, 0.2) is 0 Å². The van der Waals surface area contributed by atoms with E-state index in [1.165, 1.54) is 0 Å². The van der Waals surface area contributed by atoms with Gasteiger partial charge in [0.1, 0.15) is 0 Å². The first-order valence-electron chi connectivity index (χ1n) is 1.99. The maximum absolute atomic E-state index is 8.24. The molecular weight excluding hydrogens is 140 g/mol. The molecule has 0 unspecified atom stereocenters. The summed E-state index contributed by atoms with van der Waals surface area (Å²) in [5.41, 5.74) is 0. The summed E-state index contributed by atoms with van der Waals surface area (Å²) < 4.78 is 0. The van der Waals surface area contributed by atoms with E-state index in [1.807, 2.05) is 0 Å². The van der Waals surface area contributed by atoms with Crippen LogP contribution in [0, 0.1) is 0 Å². The number of isocyanates is 2. The van der Waals surface area contributed by atoms with E-state index in [2.05, 4.69) is 0 Å². The third-order valence-electron chi connectivity index (χ3n) is 0.1000. The van der Waals surface area contributed by atoms with E-state index in [0.29, 0.717) is 12.2 Å². The zero-order valence-corrected chi connectivity index (χ0v) is 5.02. The highest BCUT2D eigenvalue weighted by atomic mass is 16.3. The number of carbonyl (C=O) groups excluding carboxylic acids is 2. The first-order valence-corrected chi connectivity index (χ1v) is 1.99. The lowest BCUT2D eigenvalue weighted by Crippen LogP contribution is -1.85. The molecule has 10 heavy (non-hydrogen) atoms. The molecule has 6 nitrogen and oxygen atoms in total. The van der Waals surface area contributed by atoms with E-state index >= 15 is 0 Å². The Morgan fingerprint density at radius 2 is 1.10 bits per heavy atom. The predicted molar refractivity (Wildman–Crippen MR) is 32.3 cm³/mol. The molecular formula is C4H6N2O4-2. The van der Waals surface area contributed by atoms with Crippen molar-refractivity contribution in [2.24, 2.45) is 0 Å². The summed E-state index contributed by atoms with van der Waals surface area (Å²) in [6.45, 7) is -0.250. The molecule has 0 aliphatic rings. The lowest BCUT2D eigenvalue weighted by atomic mass is 10.8. The monoisotopic (exact) mass is 146 g/mol. The van der Waals surface area contributed by atoms with Gasteiger partial charge in [-0.2, -0.15) is 0 Å². The minimum atomic E-state index is -0.125. The fourth-order valence-corrected chi connectivity index (χ4v) is 0. The van der Waals surface area contributed by atoms with Crippen molar-refractivity contribution < 1.29 is 19.8 Å². The van der Waals surface area contributed by atoms with Crippen molar-refractivity contribution in [3.8, 4) is 0 Å². The molecule has 0 aromatic heterocycles. The molecule has 0 aliphatic heterocycles. The molecule has 0 bridgehead atoms. The third kappa shape index (κ3) is 2100. The Kier molecular flexibility index (Phi) is 75.7. The van der Waals surface area contributed by atoms with Gasteiger partial charge in [0, 0.05) is 0 Å². The topological polar surface area (TPSA) is 119 Å². The second-order valence-corrected chi connectivity index (χ2v) is 0.630. The third-order valence-corrected chi connectivity index (χ3v) is 0.1000. The Morgan fingerprint density at radius 1 is 1.00 bits per heavy atom. The van der Waals surface area contributed by atoms with Gasteiger partial charge in [0.15, 0.2) is 0 Å². The zero-order valence-electron chi connectivity index (χ0n) is 5.02. The molecule has 0 amide bonds. The van der Waals surface area contributed by atoms with Crippen LogP contribution in [0.5, 0.6) is 0 Å². The molecule has 0 aromatic carbocycles. The Balaban J connectivity index is -0.0000000750. The van der Waals surface area contributed by atoms with Crippen LogP contribution in [0.25, 0.3) is 10.8 Å². The van der Waals surface area contributed by atoms with Gasteiger partial charge in [-0.3, -0.25) is 9.59 Å². The Hall–Kier alpha value is -1.32. The summed E-state index contributed by atoms with van der Waals surface area (Å²) in [5, 5.41) is 28.8. The van der Waals surface area contributed by atoms with Crippen molar-refractivity contribution >= 4 is 12.2 Å². The van der Waals surface area contributed by atoms with Crippen molar-refractivity contribution in [2.45, 2.75) is 0 Å². The molecule has 0 aromatic rings. The van der Waals surface area contributed by atoms with Crippen LogP contribution in [-0.2, 0) is 9.59 Å². The molecule has 0 spiro atoms. The summed E-state index contributed by atoms with van der Waals surface area (Å²) in [5.74, 6) is 0. The van der Waals surface area contributed by atoms with Crippen LogP contribution in [0.1, 0.15) is 0 Å². The van der Waals surface area contributed by atoms with Crippen molar-refractivity contribution in [3.05, 3.63) is 10.8 Å². The molecule has 0 saturated heterocycles. The van der Waals surface area contributed by atoms with Gasteiger partial charge in [-0.1, -0.05) is 0 Å². The molecule has 6 heteroatoms. The molecule has 0 fully saturated rings. The maximum atomic E-state index is 8.24. The van der Waals surface area contributed by atoms with Crippen LogP contribution in [-0.4, -0.2) is 35.6 Å². The van der Waals surface area contributed by atoms with Crippen molar-refractivity contribution in [3.63, 3.8) is 0 Å². The smallest absolute Gasteiger partial charge is 0.0662 e. The minimum Gasteiger partial charge on any atom is -0.724 e. The van der Waals surface area contributed by atoms with Gasteiger partial charge in [0.2, 0.25) is 0 Å². The number of aliphatic hydroxyl groups is 2. The second-order valence-electron chi connectivity index (χ2n) is 0.630. The SMILES string of the molecule is OCCO.[N-]=C=O.[N-]=C=O. The highest BCUT2D eigenvalue weighted by Crippen LogP contribution is 1.39. The van der Waals surface area contributed by atoms with Gasteiger partial charge < -0.3 is 21.0 Å². The number of hydrogen-bond donors (Lipinski definition) is 2. The minimum absolute atomic E-state index is 0.125. The zero-order chi connectivity index (χ0) is 8.83. The fraction of sp³-hybridized carbons (Fsp3) is 0.500. The van der Waals surface area contributed by atoms with Crippen molar-refractivity contribution in [1.82, 2.24) is 0 Å². The average Bonchev–Trinajstić information content (AvgIpc) is 1.91. The van der Waals surface area contributed by atoms with E-state index in [-0.39, 0.29) is 13.2 Å². The highest BCUT2D eigenvalue weighted by Gasteiger charge is 1.58. The Morgan fingerprint density at radius 3 is 1.10 bits per heavy atom. The van der Waals surface area contributed by atoms with Crippen LogP contribution >= 0.6 is 0 Å². The number of rotatable bonds is 1. The van der Waals surface area contributed by atoms with Gasteiger partial charge in [-0.15, -0.1) is 0 Å². The van der Waals surface area contributed by atoms with Gasteiger partial charge in [0.05, 0.1) is 13.2 Å². The van der Waals surface area contributed by atoms with Crippen LogP contribution in [0.4, 0.5) is 0 Å². The standard InChI is InChI=1S/C2H6O2.2CNO/c3-1-2-4;2*2-1-3/h3-4H,1-2H2;;/q;2*-1. The summed E-state index contributed by atoms with van der Waals surface area (Å²) in [6, 6.07) is 0. The van der Waals surface area contributed by atoms with Gasteiger partial charge in [0.25, 0.3) is 0 Å². The molecule has 0 aliphatic carbocycles. The second kappa shape index (κ2) is 47.7. The van der Waals surface area contributed by atoms with Crippen LogP contribution < -0.4 is 0 Å². The quantitative estimate of drug-likeness (QED) is 0.355. The summed E-state index contributed by atoms with van der Waals surface area (Å²) in [7, 11) is 0. The summed E-state index contributed by atoms with van der Waals surface area (Å²) in [4.78, 5) is 16.5. The highest BCUT2D eigenvalue weighted by molar-refractivity contribution is 5.37. The molecule has 2 N–H and O–H groups in total. The molecule has 58 valence electrons. The Bertz CT molecular complexity index is 87.8. The lowest BCUT2D eigenvalue weighted by molar-refractivity contribution is 0.186. The lowest BCUT2D eigenvalue weighted by Gasteiger charge is -1.70. The number of nitrogens with zero attached hydrogens (tertiary/aromatic N) is 2. The van der Waals surface area contributed by atoms with Crippen molar-refractivity contribution in [1.29, 1.82) is 0 Å². The van der Waals surface area contributed by atoms with E-state index in [4.69, 9.17) is 30.6 Å². The number of hydrogen-bond acceptors (Lipinski definition) is 4. The fourth-order valence-electron chi connectivity index (χ4n) is 0. The number of aliphatic hydroxyl groups excluding tert-OH is 2. The van der Waals surface area contributed by atoms with E-state index < -0.39 is 0 Å². The molecule has 0 heterocycles. The Labute approximate surface area is 57.1 Å². The first-order chi connectivity index (χ1) is 4.74. The molecule has 0 rings (SSSR count). The summed E-state index contributed by atoms with van der Waals surface area (Å²) in [6.07, 6.45) is 1.00. The van der Waals surface area contributed by atoms with E-state index in [0.717, 1.165) is 0 Å². The van der Waals surface area contributed by atoms with Crippen molar-refractivity contribution in [2.75, 3.05) is 13.2 Å². The average molecular weight is 146 g/mol. The largest absolute Gasteiger partial charge is 0.724 e. The predicted octanol–water partition coefficient (Wildman–Crippen LogP) is -1.25. The molecule has 0 saturated carbocycles. The van der Waals surface area contributed by atoms with Gasteiger partial charge >= 0.3 is 0 Å². The normalized spacial score (nSPS) is 4.60. The van der Waals surface area contributed by atoms with Gasteiger partial charge in [-0.05, 0) is 12.2 Å². The maximum Gasteiger partial charge on any atom is 0.0662 e. The molecule has 0 atom stereocenters. The van der Waals surface area contributed by atoms with Crippen LogP contribution in [0.3, 0.4) is 0 Å². The first kappa shape index (κ1) is 15.9. The van der Waals surface area contributed by atoms with E-state index in [9.17, 15) is 0 Å².